The molecule has 3 aromatic rings. The van der Waals surface area contributed by atoms with Crippen molar-refractivity contribution < 1.29 is 14.6 Å². The lowest BCUT2D eigenvalue weighted by atomic mass is 9.93. The van der Waals surface area contributed by atoms with Gasteiger partial charge in [-0.2, -0.15) is 0 Å². The highest BCUT2D eigenvalue weighted by Gasteiger charge is 2.24. The van der Waals surface area contributed by atoms with E-state index in [1.165, 1.54) is 0 Å². The van der Waals surface area contributed by atoms with Crippen LogP contribution in [0.2, 0.25) is 0 Å². The number of pyridine rings is 1. The second kappa shape index (κ2) is 8.34. The molecule has 29 heavy (non-hydrogen) atoms. The molecular formula is C21H24N4O3S. The first kappa shape index (κ1) is 19.6. The van der Waals surface area contributed by atoms with E-state index >= 15 is 0 Å². The first-order valence-electron chi connectivity index (χ1n) is 9.76. The number of rotatable bonds is 5. The Bertz CT molecular complexity index is 1040. The SMILES string of the molecule is CNC(=O)c1cc(Oc2ccc3nc(N[C@@H]4CCCC[C@H]4O)sc3c2C)ccn1. The minimum atomic E-state index is -0.322. The summed E-state index contributed by atoms with van der Waals surface area (Å²) in [5.74, 6) is 0.999. The Morgan fingerprint density at radius 2 is 2.10 bits per heavy atom. The summed E-state index contributed by atoms with van der Waals surface area (Å²) in [6.07, 6.45) is 5.23. The van der Waals surface area contributed by atoms with Crippen molar-refractivity contribution in [1.82, 2.24) is 15.3 Å². The number of benzene rings is 1. The summed E-state index contributed by atoms with van der Waals surface area (Å²) in [6.45, 7) is 2.00. The summed E-state index contributed by atoms with van der Waals surface area (Å²) in [6, 6.07) is 7.21. The lowest BCUT2D eigenvalue weighted by molar-refractivity contribution is 0.0957. The molecule has 0 saturated heterocycles. The van der Waals surface area contributed by atoms with E-state index in [0.717, 1.165) is 46.6 Å². The minimum absolute atomic E-state index is 0.0558. The second-order valence-corrected chi connectivity index (χ2v) is 8.22. The Kier molecular flexibility index (Phi) is 5.64. The second-order valence-electron chi connectivity index (χ2n) is 7.22. The van der Waals surface area contributed by atoms with E-state index in [2.05, 4.69) is 20.6 Å². The van der Waals surface area contributed by atoms with Crippen molar-refractivity contribution >= 4 is 32.6 Å². The Morgan fingerprint density at radius 3 is 2.90 bits per heavy atom. The molecule has 1 aliphatic rings. The van der Waals surface area contributed by atoms with Gasteiger partial charge in [-0.05, 0) is 38.0 Å². The number of aliphatic hydroxyl groups excluding tert-OH is 1. The van der Waals surface area contributed by atoms with Crippen LogP contribution >= 0.6 is 11.3 Å². The average Bonchev–Trinajstić information content (AvgIpc) is 3.15. The Hall–Kier alpha value is -2.71. The molecule has 0 spiro atoms. The number of hydrogen-bond acceptors (Lipinski definition) is 7. The summed E-state index contributed by atoms with van der Waals surface area (Å²) < 4.78 is 7.07. The molecule has 7 nitrogen and oxygen atoms in total. The molecule has 4 rings (SSSR count). The van der Waals surface area contributed by atoms with Crippen LogP contribution in [0, 0.1) is 6.92 Å². The number of carbonyl (C=O) groups is 1. The molecule has 152 valence electrons. The standard InChI is InChI=1S/C21H24N4O3S/c1-12-18(28-13-9-10-23-16(11-13)20(27)22-2)8-7-15-19(12)29-21(25-15)24-14-5-3-4-6-17(14)26/h7-11,14,17,26H,3-6H2,1-2H3,(H,22,27)(H,24,25)/t14-,17-/m1/s1. The highest BCUT2D eigenvalue weighted by atomic mass is 32.1. The average molecular weight is 413 g/mol. The molecule has 0 unspecified atom stereocenters. The van der Waals surface area contributed by atoms with Crippen molar-refractivity contribution in [2.24, 2.45) is 0 Å². The van der Waals surface area contributed by atoms with E-state index in [1.807, 2.05) is 19.1 Å². The van der Waals surface area contributed by atoms with Crippen molar-refractivity contribution in [3.8, 4) is 11.5 Å². The summed E-state index contributed by atoms with van der Waals surface area (Å²) in [5.41, 5.74) is 2.18. The molecule has 3 N–H and O–H groups in total. The molecule has 0 aliphatic heterocycles. The number of carbonyl (C=O) groups excluding carboxylic acids is 1. The van der Waals surface area contributed by atoms with Gasteiger partial charge in [-0.25, -0.2) is 4.98 Å². The zero-order valence-electron chi connectivity index (χ0n) is 16.4. The number of hydrogen-bond donors (Lipinski definition) is 3. The predicted molar refractivity (Wildman–Crippen MR) is 114 cm³/mol. The monoisotopic (exact) mass is 412 g/mol. The smallest absolute Gasteiger partial charge is 0.269 e. The first-order chi connectivity index (χ1) is 14.0. The van der Waals surface area contributed by atoms with E-state index < -0.39 is 0 Å². The van der Waals surface area contributed by atoms with Gasteiger partial charge in [0.2, 0.25) is 0 Å². The van der Waals surface area contributed by atoms with Crippen molar-refractivity contribution in [3.63, 3.8) is 0 Å². The van der Waals surface area contributed by atoms with Gasteiger partial charge in [0, 0.05) is 24.9 Å². The van der Waals surface area contributed by atoms with Gasteiger partial charge in [-0.3, -0.25) is 9.78 Å². The number of anilines is 1. The molecule has 0 bridgehead atoms. The number of aliphatic hydroxyl groups is 1. The van der Waals surface area contributed by atoms with Gasteiger partial charge in [-0.15, -0.1) is 0 Å². The molecule has 2 aromatic heterocycles. The number of nitrogens with zero attached hydrogens (tertiary/aromatic N) is 2. The fourth-order valence-corrected chi connectivity index (χ4v) is 4.59. The van der Waals surface area contributed by atoms with Crippen molar-refractivity contribution in [1.29, 1.82) is 0 Å². The Balaban J connectivity index is 1.57. The van der Waals surface area contributed by atoms with E-state index in [1.54, 1.807) is 36.7 Å². The van der Waals surface area contributed by atoms with Crippen LogP contribution in [0.15, 0.2) is 30.5 Å². The van der Waals surface area contributed by atoms with Crippen LogP contribution in [0.5, 0.6) is 11.5 Å². The maximum atomic E-state index is 11.8. The summed E-state index contributed by atoms with van der Waals surface area (Å²) in [4.78, 5) is 20.5. The van der Waals surface area contributed by atoms with E-state index in [9.17, 15) is 9.90 Å². The summed E-state index contributed by atoms with van der Waals surface area (Å²) in [7, 11) is 1.57. The van der Waals surface area contributed by atoms with Gasteiger partial charge in [0.15, 0.2) is 5.13 Å². The van der Waals surface area contributed by atoms with Gasteiger partial charge >= 0.3 is 0 Å². The largest absolute Gasteiger partial charge is 0.457 e. The lowest BCUT2D eigenvalue weighted by Crippen LogP contribution is -2.36. The van der Waals surface area contributed by atoms with Crippen LogP contribution in [0.1, 0.15) is 41.7 Å². The van der Waals surface area contributed by atoms with Gasteiger partial charge in [0.25, 0.3) is 5.91 Å². The van der Waals surface area contributed by atoms with Crippen LogP contribution in [-0.2, 0) is 0 Å². The third-order valence-corrected chi connectivity index (χ3v) is 6.34. The molecule has 2 atom stereocenters. The van der Waals surface area contributed by atoms with Crippen molar-refractivity contribution in [2.45, 2.75) is 44.8 Å². The number of aryl methyl sites for hydroxylation is 1. The predicted octanol–water partition coefficient (Wildman–Crippen LogP) is 3.87. The summed E-state index contributed by atoms with van der Waals surface area (Å²) in [5, 5.41) is 17.0. The van der Waals surface area contributed by atoms with Gasteiger partial charge in [0.05, 0.1) is 22.4 Å². The Morgan fingerprint density at radius 1 is 1.28 bits per heavy atom. The molecule has 1 aromatic carbocycles. The van der Waals surface area contributed by atoms with Gasteiger partial charge in [0.1, 0.15) is 17.2 Å². The maximum absolute atomic E-state index is 11.8. The fourth-order valence-electron chi connectivity index (χ4n) is 3.57. The topological polar surface area (TPSA) is 96.4 Å². The minimum Gasteiger partial charge on any atom is -0.457 e. The van der Waals surface area contributed by atoms with Crippen LogP contribution in [0.4, 0.5) is 5.13 Å². The first-order valence-corrected chi connectivity index (χ1v) is 10.6. The normalized spacial score (nSPS) is 19.1. The lowest BCUT2D eigenvalue weighted by Gasteiger charge is -2.27. The summed E-state index contributed by atoms with van der Waals surface area (Å²) >= 11 is 1.57. The zero-order chi connectivity index (χ0) is 20.4. The molecule has 1 fully saturated rings. The van der Waals surface area contributed by atoms with Crippen LogP contribution in [0.25, 0.3) is 10.2 Å². The van der Waals surface area contributed by atoms with Crippen LogP contribution in [-0.4, -0.2) is 40.2 Å². The molecule has 1 saturated carbocycles. The number of thiazole rings is 1. The number of amides is 1. The number of nitrogens with one attached hydrogen (secondary N) is 2. The zero-order valence-corrected chi connectivity index (χ0v) is 17.3. The Labute approximate surface area is 173 Å². The van der Waals surface area contributed by atoms with Crippen molar-refractivity contribution in [2.75, 3.05) is 12.4 Å². The third kappa shape index (κ3) is 4.18. The molecule has 2 heterocycles. The van der Waals surface area contributed by atoms with Crippen LogP contribution in [0.3, 0.4) is 0 Å². The van der Waals surface area contributed by atoms with Gasteiger partial charge < -0.3 is 20.5 Å². The highest BCUT2D eigenvalue weighted by molar-refractivity contribution is 7.22. The van der Waals surface area contributed by atoms with Crippen LogP contribution < -0.4 is 15.4 Å². The van der Waals surface area contributed by atoms with Crippen molar-refractivity contribution in [3.05, 3.63) is 41.7 Å². The highest BCUT2D eigenvalue weighted by Crippen LogP contribution is 2.36. The third-order valence-electron chi connectivity index (χ3n) is 5.21. The number of aromatic nitrogens is 2. The molecule has 8 heteroatoms. The molecule has 1 aliphatic carbocycles. The molecule has 1 amide bonds. The number of fused-ring (bicyclic) bond motifs is 1. The molecule has 0 radical (unpaired) electrons. The number of ether oxygens (including phenoxy) is 1. The van der Waals surface area contributed by atoms with E-state index in [4.69, 9.17) is 4.74 Å². The maximum Gasteiger partial charge on any atom is 0.269 e. The van der Waals surface area contributed by atoms with Gasteiger partial charge in [-0.1, -0.05) is 24.2 Å². The fraction of sp³-hybridized carbons (Fsp3) is 0.381. The van der Waals surface area contributed by atoms with E-state index in [0.29, 0.717) is 17.2 Å². The van der Waals surface area contributed by atoms with E-state index in [-0.39, 0.29) is 18.1 Å². The quantitative estimate of drug-likeness (QED) is 0.589. The molecular weight excluding hydrogens is 388 g/mol.